The number of aryl methyl sites for hydroxylation is 1. The van der Waals surface area contributed by atoms with E-state index in [2.05, 4.69) is 43.6 Å². The molecule has 0 aromatic carbocycles. The van der Waals surface area contributed by atoms with Crippen molar-refractivity contribution in [1.82, 2.24) is 9.88 Å². The van der Waals surface area contributed by atoms with Gasteiger partial charge >= 0.3 is 0 Å². The lowest BCUT2D eigenvalue weighted by Gasteiger charge is -2.27. The van der Waals surface area contributed by atoms with Crippen LogP contribution in [0.2, 0.25) is 0 Å². The highest BCUT2D eigenvalue weighted by atomic mass is 16.5. The van der Waals surface area contributed by atoms with E-state index in [0.29, 0.717) is 12.0 Å². The predicted octanol–water partition coefficient (Wildman–Crippen LogP) is 2.11. The lowest BCUT2D eigenvalue weighted by Crippen LogP contribution is -2.50. The Morgan fingerprint density at radius 2 is 2.12 bits per heavy atom. The molecule has 1 N–H and O–H groups in total. The quantitative estimate of drug-likeness (QED) is 0.844. The summed E-state index contributed by atoms with van der Waals surface area (Å²) in [7, 11) is 0. The van der Waals surface area contributed by atoms with Crippen LogP contribution in [0.15, 0.2) is 6.07 Å². The molecule has 0 aliphatic carbocycles. The Balaban J connectivity index is 2.13. The van der Waals surface area contributed by atoms with Gasteiger partial charge < -0.3 is 14.6 Å². The molecule has 2 rings (SSSR count). The smallest absolute Gasteiger partial charge is 0.140 e. The second-order valence-corrected chi connectivity index (χ2v) is 5.14. The number of aromatic nitrogens is 1. The monoisotopic (exact) mass is 222 g/mol. The van der Waals surface area contributed by atoms with Gasteiger partial charge in [-0.25, -0.2) is 0 Å². The van der Waals surface area contributed by atoms with Crippen molar-refractivity contribution in [2.75, 3.05) is 13.1 Å². The molecule has 1 saturated heterocycles. The van der Waals surface area contributed by atoms with Crippen molar-refractivity contribution in [3.8, 4) is 5.75 Å². The molecule has 1 aromatic heterocycles. The van der Waals surface area contributed by atoms with Gasteiger partial charge in [-0.3, -0.25) is 0 Å². The summed E-state index contributed by atoms with van der Waals surface area (Å²) in [4.78, 5) is 0. The molecule has 90 valence electrons. The van der Waals surface area contributed by atoms with Crippen molar-refractivity contribution in [3.63, 3.8) is 0 Å². The molecule has 1 aliphatic rings. The number of hydrogen-bond acceptors (Lipinski definition) is 2. The first kappa shape index (κ1) is 11.5. The molecule has 1 fully saturated rings. The molecule has 2 heterocycles. The summed E-state index contributed by atoms with van der Waals surface area (Å²) in [5, 5.41) is 3.22. The van der Waals surface area contributed by atoms with E-state index in [0.717, 1.165) is 25.4 Å². The van der Waals surface area contributed by atoms with Crippen LogP contribution in [-0.4, -0.2) is 23.8 Å². The minimum atomic E-state index is 0.369. The normalized spacial score (nSPS) is 16.6. The fourth-order valence-corrected chi connectivity index (χ4v) is 2.06. The van der Waals surface area contributed by atoms with Crippen molar-refractivity contribution >= 4 is 0 Å². The molecular formula is C13H22N2O. The Bertz CT molecular complexity index is 364. The molecule has 0 spiro atoms. The molecule has 0 saturated carbocycles. The fourth-order valence-electron chi connectivity index (χ4n) is 2.06. The molecule has 0 amide bonds. The maximum atomic E-state index is 5.94. The maximum Gasteiger partial charge on any atom is 0.140 e. The summed E-state index contributed by atoms with van der Waals surface area (Å²) < 4.78 is 8.29. The van der Waals surface area contributed by atoms with Crippen LogP contribution in [0.4, 0.5) is 0 Å². The molecule has 3 nitrogen and oxygen atoms in total. The zero-order valence-electron chi connectivity index (χ0n) is 10.7. The Labute approximate surface area is 97.8 Å². The average molecular weight is 222 g/mol. The van der Waals surface area contributed by atoms with E-state index in [1.54, 1.807) is 0 Å². The molecule has 1 aliphatic heterocycles. The predicted molar refractivity (Wildman–Crippen MR) is 66.0 cm³/mol. The topological polar surface area (TPSA) is 26.2 Å². The van der Waals surface area contributed by atoms with Crippen LogP contribution < -0.4 is 10.1 Å². The van der Waals surface area contributed by atoms with Crippen LogP contribution in [0.3, 0.4) is 0 Å². The van der Waals surface area contributed by atoms with Gasteiger partial charge in [0.1, 0.15) is 11.9 Å². The van der Waals surface area contributed by atoms with Gasteiger partial charge in [0.25, 0.3) is 0 Å². The van der Waals surface area contributed by atoms with Gasteiger partial charge in [0.15, 0.2) is 0 Å². The molecule has 3 heteroatoms. The highest BCUT2D eigenvalue weighted by molar-refractivity contribution is 5.33. The highest BCUT2D eigenvalue weighted by Gasteiger charge is 2.21. The highest BCUT2D eigenvalue weighted by Crippen LogP contribution is 2.25. The van der Waals surface area contributed by atoms with Crippen molar-refractivity contribution in [3.05, 3.63) is 17.5 Å². The van der Waals surface area contributed by atoms with Crippen LogP contribution in [-0.2, 0) is 6.54 Å². The summed E-state index contributed by atoms with van der Waals surface area (Å²) in [6.45, 7) is 11.8. The Morgan fingerprint density at radius 1 is 1.44 bits per heavy atom. The number of nitrogens with one attached hydrogen (secondary N) is 1. The van der Waals surface area contributed by atoms with Crippen LogP contribution >= 0.6 is 0 Å². The number of hydrogen-bond donors (Lipinski definition) is 1. The van der Waals surface area contributed by atoms with Crippen LogP contribution in [0.25, 0.3) is 0 Å². The molecule has 0 radical (unpaired) electrons. The summed E-state index contributed by atoms with van der Waals surface area (Å²) in [5.41, 5.74) is 2.56. The summed E-state index contributed by atoms with van der Waals surface area (Å²) in [6, 6.07) is 2.16. The Kier molecular flexibility index (Phi) is 3.24. The maximum absolute atomic E-state index is 5.94. The third kappa shape index (κ3) is 2.24. The minimum Gasteiger partial charge on any atom is -0.486 e. The van der Waals surface area contributed by atoms with E-state index < -0.39 is 0 Å². The van der Waals surface area contributed by atoms with E-state index in [1.165, 1.54) is 11.4 Å². The van der Waals surface area contributed by atoms with E-state index in [1.807, 2.05) is 0 Å². The molecule has 0 unspecified atom stereocenters. The van der Waals surface area contributed by atoms with E-state index >= 15 is 0 Å². The van der Waals surface area contributed by atoms with Gasteiger partial charge in [0.2, 0.25) is 0 Å². The van der Waals surface area contributed by atoms with Gasteiger partial charge in [-0.15, -0.1) is 0 Å². The van der Waals surface area contributed by atoms with Crippen LogP contribution in [0.5, 0.6) is 5.75 Å². The summed E-state index contributed by atoms with van der Waals surface area (Å²) in [6.07, 6.45) is 0.369. The molecule has 16 heavy (non-hydrogen) atoms. The Morgan fingerprint density at radius 3 is 2.62 bits per heavy atom. The largest absolute Gasteiger partial charge is 0.486 e. The number of rotatable bonds is 4. The summed E-state index contributed by atoms with van der Waals surface area (Å²) in [5.74, 6) is 1.73. The lowest BCUT2D eigenvalue weighted by molar-refractivity contribution is 0.141. The number of ether oxygens (including phenoxy) is 1. The van der Waals surface area contributed by atoms with Crippen molar-refractivity contribution < 1.29 is 4.74 Å². The second kappa shape index (κ2) is 4.50. The fraction of sp³-hybridized carbons (Fsp3) is 0.692. The minimum absolute atomic E-state index is 0.369. The standard InChI is InChI=1S/C13H22N2O/c1-9(2)8-15-10(3)5-13(11(15)4)16-12-6-14-7-12/h5,9,12,14H,6-8H2,1-4H3. The SMILES string of the molecule is Cc1cc(OC2CNC2)c(C)n1CC(C)C. The zero-order chi connectivity index (χ0) is 11.7. The first-order chi connectivity index (χ1) is 7.58. The van der Waals surface area contributed by atoms with Crippen LogP contribution in [0.1, 0.15) is 25.2 Å². The van der Waals surface area contributed by atoms with Gasteiger partial charge in [-0.05, 0) is 19.8 Å². The molecule has 0 atom stereocenters. The molecule has 0 bridgehead atoms. The van der Waals surface area contributed by atoms with Crippen molar-refractivity contribution in [2.45, 2.75) is 40.3 Å². The van der Waals surface area contributed by atoms with E-state index in [-0.39, 0.29) is 0 Å². The average Bonchev–Trinajstić information content (AvgIpc) is 2.39. The zero-order valence-corrected chi connectivity index (χ0v) is 10.7. The lowest BCUT2D eigenvalue weighted by atomic mass is 10.2. The van der Waals surface area contributed by atoms with Gasteiger partial charge in [-0.2, -0.15) is 0 Å². The third-order valence-electron chi connectivity index (χ3n) is 3.11. The third-order valence-corrected chi connectivity index (χ3v) is 3.11. The van der Waals surface area contributed by atoms with Crippen molar-refractivity contribution in [2.24, 2.45) is 5.92 Å². The Hall–Kier alpha value is -0.960. The number of nitrogens with zero attached hydrogens (tertiary/aromatic N) is 1. The first-order valence-corrected chi connectivity index (χ1v) is 6.12. The van der Waals surface area contributed by atoms with Crippen LogP contribution in [0, 0.1) is 19.8 Å². The summed E-state index contributed by atoms with van der Waals surface area (Å²) >= 11 is 0. The van der Waals surface area contributed by atoms with Gasteiger partial charge in [-0.1, -0.05) is 13.8 Å². The van der Waals surface area contributed by atoms with E-state index in [4.69, 9.17) is 4.74 Å². The molecule has 1 aromatic rings. The second-order valence-electron chi connectivity index (χ2n) is 5.14. The van der Waals surface area contributed by atoms with Gasteiger partial charge in [0, 0.05) is 31.4 Å². The molecular weight excluding hydrogens is 200 g/mol. The van der Waals surface area contributed by atoms with Crippen molar-refractivity contribution in [1.29, 1.82) is 0 Å². The van der Waals surface area contributed by atoms with Gasteiger partial charge in [0.05, 0.1) is 5.69 Å². The van der Waals surface area contributed by atoms with E-state index in [9.17, 15) is 0 Å². The first-order valence-electron chi connectivity index (χ1n) is 6.12.